The molecule has 3 heteroatoms. The smallest absolute Gasteiger partial charge is 0.189 e. The summed E-state index contributed by atoms with van der Waals surface area (Å²) < 4.78 is 10.1. The van der Waals surface area contributed by atoms with Gasteiger partial charge in [0.2, 0.25) is 0 Å². The van der Waals surface area contributed by atoms with Crippen LogP contribution < -0.4 is 0 Å². The van der Waals surface area contributed by atoms with Crippen LogP contribution in [0.1, 0.15) is 39.5 Å². The van der Waals surface area contributed by atoms with Gasteiger partial charge in [-0.3, -0.25) is 4.79 Å². The monoisotopic (exact) mass is 200 g/mol. The molecular formula is C11H20O3. The highest BCUT2D eigenvalue weighted by atomic mass is 16.7. The van der Waals surface area contributed by atoms with Crippen LogP contribution in [0.2, 0.25) is 0 Å². The molecule has 0 aliphatic carbocycles. The minimum absolute atomic E-state index is 0.162. The van der Waals surface area contributed by atoms with Crippen molar-refractivity contribution in [1.29, 1.82) is 0 Å². The second-order valence-electron chi connectivity index (χ2n) is 2.98. The SMILES string of the molecule is CCCCCC=C(C=O)OCOCC. The minimum atomic E-state index is 0.162. The summed E-state index contributed by atoms with van der Waals surface area (Å²) in [5.41, 5.74) is 0. The molecule has 0 atom stereocenters. The molecule has 0 aliphatic heterocycles. The lowest BCUT2D eigenvalue weighted by Crippen LogP contribution is -2.00. The highest BCUT2D eigenvalue weighted by Crippen LogP contribution is 2.03. The van der Waals surface area contributed by atoms with Gasteiger partial charge in [-0.05, 0) is 25.8 Å². The number of hydrogen-bond acceptors (Lipinski definition) is 3. The van der Waals surface area contributed by atoms with Gasteiger partial charge >= 0.3 is 0 Å². The van der Waals surface area contributed by atoms with Crippen LogP contribution in [0.4, 0.5) is 0 Å². The highest BCUT2D eigenvalue weighted by Gasteiger charge is 1.94. The molecule has 0 unspecified atom stereocenters. The lowest BCUT2D eigenvalue weighted by atomic mass is 10.2. The number of allylic oxidation sites excluding steroid dienone is 2. The highest BCUT2D eigenvalue weighted by molar-refractivity contribution is 5.69. The van der Waals surface area contributed by atoms with Crippen LogP contribution in [0.5, 0.6) is 0 Å². The fraction of sp³-hybridized carbons (Fsp3) is 0.727. The van der Waals surface area contributed by atoms with E-state index < -0.39 is 0 Å². The van der Waals surface area contributed by atoms with Crippen molar-refractivity contribution < 1.29 is 14.3 Å². The van der Waals surface area contributed by atoms with Gasteiger partial charge in [0.1, 0.15) is 0 Å². The summed E-state index contributed by atoms with van der Waals surface area (Å²) in [6.07, 6.45) is 6.92. The Kier molecular flexibility index (Phi) is 9.64. The zero-order valence-electron chi connectivity index (χ0n) is 9.12. The molecule has 0 bridgehead atoms. The predicted octanol–water partition coefficient (Wildman–Crippen LogP) is 2.66. The fourth-order valence-electron chi connectivity index (χ4n) is 0.973. The van der Waals surface area contributed by atoms with E-state index in [0.717, 1.165) is 19.1 Å². The van der Waals surface area contributed by atoms with E-state index >= 15 is 0 Å². The Morgan fingerprint density at radius 2 is 2.07 bits per heavy atom. The summed E-state index contributed by atoms with van der Waals surface area (Å²) in [5, 5.41) is 0. The summed E-state index contributed by atoms with van der Waals surface area (Å²) in [7, 11) is 0. The van der Waals surface area contributed by atoms with Gasteiger partial charge < -0.3 is 9.47 Å². The average Bonchev–Trinajstić information content (AvgIpc) is 2.22. The van der Waals surface area contributed by atoms with Crippen molar-refractivity contribution in [3.63, 3.8) is 0 Å². The number of carbonyl (C=O) groups excluding carboxylic acids is 1. The summed E-state index contributed by atoms with van der Waals surface area (Å²) in [5.74, 6) is 0.384. The third-order valence-electron chi connectivity index (χ3n) is 1.78. The summed E-state index contributed by atoms with van der Waals surface area (Å²) >= 11 is 0. The van der Waals surface area contributed by atoms with Crippen molar-refractivity contribution in [3.8, 4) is 0 Å². The van der Waals surface area contributed by atoms with Crippen molar-refractivity contribution >= 4 is 6.29 Å². The number of aldehydes is 1. The largest absolute Gasteiger partial charge is 0.464 e. The van der Waals surface area contributed by atoms with Gasteiger partial charge in [0.05, 0.1) is 0 Å². The van der Waals surface area contributed by atoms with Crippen LogP contribution >= 0.6 is 0 Å². The van der Waals surface area contributed by atoms with Crippen LogP contribution in [-0.4, -0.2) is 19.7 Å². The summed E-state index contributed by atoms with van der Waals surface area (Å²) in [4.78, 5) is 10.5. The van der Waals surface area contributed by atoms with E-state index in [0.29, 0.717) is 12.4 Å². The van der Waals surface area contributed by atoms with E-state index in [9.17, 15) is 4.79 Å². The average molecular weight is 200 g/mol. The van der Waals surface area contributed by atoms with Crippen molar-refractivity contribution in [1.82, 2.24) is 0 Å². The predicted molar refractivity (Wildman–Crippen MR) is 55.9 cm³/mol. The molecule has 3 nitrogen and oxygen atoms in total. The number of hydrogen-bond donors (Lipinski definition) is 0. The number of ether oxygens (including phenoxy) is 2. The van der Waals surface area contributed by atoms with E-state index in [4.69, 9.17) is 9.47 Å². The summed E-state index contributed by atoms with van der Waals surface area (Å²) in [6.45, 7) is 4.79. The third-order valence-corrected chi connectivity index (χ3v) is 1.78. The van der Waals surface area contributed by atoms with Crippen LogP contribution in [0, 0.1) is 0 Å². The molecule has 0 radical (unpaired) electrons. The molecular weight excluding hydrogens is 180 g/mol. The number of unbranched alkanes of at least 4 members (excludes halogenated alkanes) is 3. The molecule has 0 aliphatic rings. The van der Waals surface area contributed by atoms with Crippen LogP contribution in [0.3, 0.4) is 0 Å². The number of rotatable bonds is 9. The number of carbonyl (C=O) groups is 1. The maximum atomic E-state index is 10.5. The first-order valence-electron chi connectivity index (χ1n) is 5.21. The Balaban J connectivity index is 3.58. The zero-order valence-corrected chi connectivity index (χ0v) is 9.12. The van der Waals surface area contributed by atoms with Gasteiger partial charge in [-0.15, -0.1) is 0 Å². The van der Waals surface area contributed by atoms with Gasteiger partial charge in [0.15, 0.2) is 18.8 Å². The molecule has 0 aromatic carbocycles. The van der Waals surface area contributed by atoms with Gasteiger partial charge in [0, 0.05) is 6.61 Å². The maximum Gasteiger partial charge on any atom is 0.189 e. The molecule has 0 fully saturated rings. The van der Waals surface area contributed by atoms with Crippen LogP contribution in [0.15, 0.2) is 11.8 Å². The third kappa shape index (κ3) is 7.80. The summed E-state index contributed by atoms with van der Waals surface area (Å²) in [6, 6.07) is 0. The fourth-order valence-corrected chi connectivity index (χ4v) is 0.973. The molecule has 0 heterocycles. The van der Waals surface area contributed by atoms with Gasteiger partial charge in [-0.1, -0.05) is 19.8 Å². The molecule has 0 saturated heterocycles. The zero-order chi connectivity index (χ0) is 10.6. The molecule has 0 aromatic rings. The second kappa shape index (κ2) is 10.3. The van der Waals surface area contributed by atoms with E-state index in [1.165, 1.54) is 12.8 Å². The van der Waals surface area contributed by atoms with E-state index in [2.05, 4.69) is 6.92 Å². The Labute approximate surface area is 86.1 Å². The maximum absolute atomic E-state index is 10.5. The topological polar surface area (TPSA) is 35.5 Å². The molecule has 14 heavy (non-hydrogen) atoms. The van der Waals surface area contributed by atoms with E-state index in [-0.39, 0.29) is 6.79 Å². The van der Waals surface area contributed by atoms with Gasteiger partial charge in [-0.25, -0.2) is 0 Å². The first kappa shape index (κ1) is 13.2. The molecule has 82 valence electrons. The lowest BCUT2D eigenvalue weighted by molar-refractivity contribution is -0.110. The minimum Gasteiger partial charge on any atom is -0.464 e. The van der Waals surface area contributed by atoms with E-state index in [1.54, 1.807) is 0 Å². The molecule has 0 amide bonds. The second-order valence-corrected chi connectivity index (χ2v) is 2.98. The van der Waals surface area contributed by atoms with Crippen molar-refractivity contribution in [3.05, 3.63) is 11.8 Å². The first-order valence-corrected chi connectivity index (χ1v) is 5.21. The first-order chi connectivity index (χ1) is 6.85. The van der Waals surface area contributed by atoms with Crippen molar-refractivity contribution in [2.24, 2.45) is 0 Å². The van der Waals surface area contributed by atoms with Gasteiger partial charge in [-0.2, -0.15) is 0 Å². The van der Waals surface area contributed by atoms with Crippen molar-refractivity contribution in [2.75, 3.05) is 13.4 Å². The lowest BCUT2D eigenvalue weighted by Gasteiger charge is -2.04. The van der Waals surface area contributed by atoms with Gasteiger partial charge in [0.25, 0.3) is 0 Å². The standard InChI is InChI=1S/C11H20O3/c1-3-5-6-7-8-11(9-12)14-10-13-4-2/h8-9H,3-7,10H2,1-2H3. The quantitative estimate of drug-likeness (QED) is 0.189. The van der Waals surface area contributed by atoms with Crippen LogP contribution in [0.25, 0.3) is 0 Å². The van der Waals surface area contributed by atoms with Crippen molar-refractivity contribution in [2.45, 2.75) is 39.5 Å². The molecule has 0 N–H and O–H groups in total. The Bertz CT molecular complexity index is 164. The Morgan fingerprint density at radius 3 is 2.64 bits per heavy atom. The Morgan fingerprint density at radius 1 is 1.29 bits per heavy atom. The van der Waals surface area contributed by atoms with Crippen LogP contribution in [-0.2, 0) is 14.3 Å². The molecule has 0 saturated carbocycles. The van der Waals surface area contributed by atoms with E-state index in [1.807, 2.05) is 13.0 Å². The molecule has 0 rings (SSSR count). The Hall–Kier alpha value is -0.830. The molecule has 0 spiro atoms. The normalized spacial score (nSPS) is 11.4. The molecule has 0 aromatic heterocycles.